The van der Waals surface area contributed by atoms with Crippen molar-refractivity contribution in [2.45, 2.75) is 51.4 Å². The van der Waals surface area contributed by atoms with Gasteiger partial charge in [-0.3, -0.25) is 0 Å². The second-order valence-corrected chi connectivity index (χ2v) is 3.98. The average molecular weight is 137 g/mol. The molecule has 0 saturated heterocycles. The maximum Gasteiger partial charge on any atom is -0.0235 e. The van der Waals surface area contributed by atoms with Crippen molar-refractivity contribution in [3.63, 3.8) is 0 Å². The van der Waals surface area contributed by atoms with Gasteiger partial charge in [0.1, 0.15) is 0 Å². The first-order valence-electron chi connectivity index (χ1n) is 4.79. The Kier molecular flexibility index (Phi) is 1.97. The lowest BCUT2D eigenvalue weighted by Gasteiger charge is -2.34. The Morgan fingerprint density at radius 1 is 0.900 bits per heavy atom. The Morgan fingerprint density at radius 2 is 1.70 bits per heavy atom. The van der Waals surface area contributed by atoms with Gasteiger partial charge in [0.15, 0.2) is 0 Å². The van der Waals surface area contributed by atoms with Gasteiger partial charge in [-0.15, -0.1) is 0 Å². The van der Waals surface area contributed by atoms with E-state index in [-0.39, 0.29) is 0 Å². The highest BCUT2D eigenvalue weighted by Gasteiger charge is 2.28. The molecule has 0 amide bonds. The van der Waals surface area contributed by atoms with Gasteiger partial charge in [-0.2, -0.15) is 0 Å². The molecule has 0 aliphatic heterocycles. The molecule has 3 aliphatic carbocycles. The van der Waals surface area contributed by atoms with Crippen LogP contribution in [0.15, 0.2) is 0 Å². The van der Waals surface area contributed by atoms with Gasteiger partial charge in [-0.05, 0) is 31.1 Å². The number of hydrogen-bond acceptors (Lipinski definition) is 0. The van der Waals surface area contributed by atoms with E-state index in [4.69, 9.17) is 0 Å². The van der Waals surface area contributed by atoms with Gasteiger partial charge in [-0.1, -0.05) is 32.1 Å². The largest absolute Gasteiger partial charge is 0.0533 e. The molecule has 0 heteroatoms. The molecule has 0 aromatic carbocycles. The molecule has 0 aromatic rings. The molecule has 3 rings (SSSR count). The molecule has 0 aromatic heterocycles. The monoisotopic (exact) mass is 137 g/mol. The minimum absolute atomic E-state index is 1.12. The van der Waals surface area contributed by atoms with Crippen molar-refractivity contribution >= 4 is 0 Å². The highest BCUT2D eigenvalue weighted by molar-refractivity contribution is 5.03. The van der Waals surface area contributed by atoms with Crippen LogP contribution in [0, 0.1) is 11.8 Å². The van der Waals surface area contributed by atoms with Crippen molar-refractivity contribution in [1.29, 1.82) is 0 Å². The van der Waals surface area contributed by atoms with Crippen LogP contribution in [-0.4, -0.2) is 0 Å². The van der Waals surface area contributed by atoms with Gasteiger partial charge in [0, 0.05) is 0 Å². The predicted molar refractivity (Wildman–Crippen MR) is 43.7 cm³/mol. The summed E-state index contributed by atoms with van der Waals surface area (Å²) in [7, 11) is 0. The van der Waals surface area contributed by atoms with Crippen LogP contribution in [0.3, 0.4) is 0 Å². The fourth-order valence-corrected chi connectivity index (χ4v) is 2.33. The fourth-order valence-electron chi connectivity index (χ4n) is 2.33. The Hall–Kier alpha value is 0. The van der Waals surface area contributed by atoms with Crippen LogP contribution >= 0.6 is 0 Å². The summed E-state index contributed by atoms with van der Waals surface area (Å²) in [6.07, 6.45) is 12.0. The third-order valence-corrected chi connectivity index (χ3v) is 3.05. The highest BCUT2D eigenvalue weighted by Crippen LogP contribution is 2.43. The molecule has 0 nitrogen and oxygen atoms in total. The second-order valence-electron chi connectivity index (χ2n) is 3.98. The summed E-state index contributed by atoms with van der Waals surface area (Å²) in [6, 6.07) is 0. The summed E-state index contributed by atoms with van der Waals surface area (Å²) in [5, 5.41) is 0. The molecule has 0 heterocycles. The lowest BCUT2D eigenvalue weighted by molar-refractivity contribution is 0.317. The first kappa shape index (κ1) is 6.69. The van der Waals surface area contributed by atoms with Gasteiger partial charge in [0.25, 0.3) is 0 Å². The third kappa shape index (κ3) is 1.36. The highest BCUT2D eigenvalue weighted by atomic mass is 14.3. The number of rotatable bonds is 0. The molecule has 57 valence electrons. The molecular weight excluding hydrogens is 120 g/mol. The zero-order valence-corrected chi connectivity index (χ0v) is 6.73. The molecule has 0 N–H and O–H groups in total. The van der Waals surface area contributed by atoms with Gasteiger partial charge >= 0.3 is 0 Å². The van der Waals surface area contributed by atoms with E-state index in [1.54, 1.807) is 0 Å². The molecule has 0 spiro atoms. The molecule has 3 aliphatic rings. The first-order chi connectivity index (χ1) is 4.95. The summed E-state index contributed by atoms with van der Waals surface area (Å²) >= 11 is 0. The van der Waals surface area contributed by atoms with Crippen molar-refractivity contribution in [2.75, 3.05) is 0 Å². The summed E-state index contributed by atoms with van der Waals surface area (Å²) in [4.78, 5) is 0. The molecular formula is C10H17. The Balaban J connectivity index is 1.81. The van der Waals surface area contributed by atoms with Crippen molar-refractivity contribution in [1.82, 2.24) is 0 Å². The van der Waals surface area contributed by atoms with E-state index in [0.717, 1.165) is 5.92 Å². The maximum absolute atomic E-state index is 1.88. The van der Waals surface area contributed by atoms with Crippen molar-refractivity contribution in [2.24, 2.45) is 5.92 Å². The summed E-state index contributed by atoms with van der Waals surface area (Å²) < 4.78 is 0. The van der Waals surface area contributed by atoms with Gasteiger partial charge in [0.05, 0.1) is 0 Å². The Bertz CT molecular complexity index is 83.1. The summed E-state index contributed by atoms with van der Waals surface area (Å²) in [6.45, 7) is 0. The van der Waals surface area contributed by atoms with E-state index in [1.807, 2.05) is 5.92 Å². The Morgan fingerprint density at radius 3 is 2.60 bits per heavy atom. The van der Waals surface area contributed by atoms with Gasteiger partial charge < -0.3 is 0 Å². The summed E-state index contributed by atoms with van der Waals surface area (Å²) in [5.41, 5.74) is 0. The second kappa shape index (κ2) is 2.94. The van der Waals surface area contributed by atoms with Crippen LogP contribution in [0.1, 0.15) is 51.4 Å². The molecule has 3 saturated carbocycles. The third-order valence-electron chi connectivity index (χ3n) is 3.05. The van der Waals surface area contributed by atoms with Crippen molar-refractivity contribution in [3.05, 3.63) is 5.92 Å². The van der Waals surface area contributed by atoms with E-state index in [2.05, 4.69) is 0 Å². The van der Waals surface area contributed by atoms with E-state index < -0.39 is 0 Å². The van der Waals surface area contributed by atoms with Crippen molar-refractivity contribution < 1.29 is 0 Å². The zero-order valence-electron chi connectivity index (χ0n) is 6.73. The minimum atomic E-state index is 1.12. The van der Waals surface area contributed by atoms with Crippen LogP contribution in [0.4, 0.5) is 0 Å². The molecule has 2 bridgehead atoms. The fraction of sp³-hybridized carbons (Fsp3) is 0.900. The van der Waals surface area contributed by atoms with Crippen LogP contribution in [0.2, 0.25) is 0 Å². The van der Waals surface area contributed by atoms with E-state index in [0.29, 0.717) is 0 Å². The van der Waals surface area contributed by atoms with Crippen LogP contribution < -0.4 is 0 Å². The molecule has 0 atom stereocenters. The molecule has 0 unspecified atom stereocenters. The smallest absolute Gasteiger partial charge is 0.0235 e. The van der Waals surface area contributed by atoms with Gasteiger partial charge in [0.2, 0.25) is 0 Å². The average Bonchev–Trinajstić information content (AvgIpc) is 1.98. The zero-order chi connectivity index (χ0) is 6.81. The predicted octanol–water partition coefficient (Wildman–Crippen LogP) is 3.33. The normalized spacial score (nSPS) is 30.0. The quantitative estimate of drug-likeness (QED) is 0.480. The molecule has 10 heavy (non-hydrogen) atoms. The minimum Gasteiger partial charge on any atom is -0.0533 e. The lowest BCUT2D eigenvalue weighted by Crippen LogP contribution is -2.20. The summed E-state index contributed by atoms with van der Waals surface area (Å²) in [5.74, 6) is 3.00. The molecule has 1 radical (unpaired) electrons. The van der Waals surface area contributed by atoms with E-state index >= 15 is 0 Å². The Labute approximate surface area is 64.0 Å². The standard InChI is InChI=1S/C10H17/c1-2-4-6-10-7-9(8-10)5-3-1/h9H,1-8H2. The van der Waals surface area contributed by atoms with Crippen LogP contribution in [0.25, 0.3) is 0 Å². The SMILES string of the molecule is C1CCCC2C[C](CC1)C2. The van der Waals surface area contributed by atoms with E-state index in [9.17, 15) is 0 Å². The van der Waals surface area contributed by atoms with Gasteiger partial charge in [-0.25, -0.2) is 0 Å². The van der Waals surface area contributed by atoms with Crippen LogP contribution in [-0.2, 0) is 0 Å². The first-order valence-corrected chi connectivity index (χ1v) is 4.79. The van der Waals surface area contributed by atoms with E-state index in [1.165, 1.54) is 51.4 Å². The van der Waals surface area contributed by atoms with Crippen molar-refractivity contribution in [3.8, 4) is 0 Å². The number of hydrogen-bond donors (Lipinski definition) is 0. The molecule has 3 fully saturated rings. The van der Waals surface area contributed by atoms with Crippen LogP contribution in [0.5, 0.6) is 0 Å². The number of fused-ring (bicyclic) bond motifs is 5. The topological polar surface area (TPSA) is 0 Å². The maximum atomic E-state index is 1.88. The lowest BCUT2D eigenvalue weighted by atomic mass is 9.71.